The minimum atomic E-state index is 0.519. The summed E-state index contributed by atoms with van der Waals surface area (Å²) in [6.07, 6.45) is 22.9. The van der Waals surface area contributed by atoms with Crippen molar-refractivity contribution in [1.29, 1.82) is 0 Å². The molecule has 3 rings (SSSR count). The van der Waals surface area contributed by atoms with Crippen LogP contribution in [0.15, 0.2) is 66.9 Å². The maximum absolute atomic E-state index is 2.59. The van der Waals surface area contributed by atoms with Gasteiger partial charge in [-0.2, -0.15) is 0 Å². The number of imidazole rings is 1. The molecule has 1 unspecified atom stereocenters. The summed E-state index contributed by atoms with van der Waals surface area (Å²) in [7, 11) is 0. The third-order valence-electron chi connectivity index (χ3n) is 8.20. The normalized spacial score (nSPS) is 12.2. The van der Waals surface area contributed by atoms with Gasteiger partial charge in [0.2, 0.25) is 0 Å². The zero-order chi connectivity index (χ0) is 26.8. The Morgan fingerprint density at radius 3 is 1.74 bits per heavy atom. The Kier molecular flexibility index (Phi) is 14.3. The van der Waals surface area contributed by atoms with E-state index >= 15 is 0 Å². The molecule has 2 heteroatoms. The van der Waals surface area contributed by atoms with Crippen LogP contribution in [0.25, 0.3) is 0 Å². The Balaban J connectivity index is 1.50. The number of rotatable bonds is 20. The average molecular weight is 516 g/mol. The third-order valence-corrected chi connectivity index (χ3v) is 8.20. The Morgan fingerprint density at radius 2 is 1.18 bits per heavy atom. The highest BCUT2D eigenvalue weighted by Gasteiger charge is 2.24. The first kappa shape index (κ1) is 30.2. The molecule has 2 aromatic carbocycles. The van der Waals surface area contributed by atoms with Gasteiger partial charge in [0.05, 0.1) is 19.5 Å². The van der Waals surface area contributed by atoms with E-state index in [2.05, 4.69) is 96.8 Å². The lowest BCUT2D eigenvalue weighted by Gasteiger charge is -2.11. The molecule has 0 saturated carbocycles. The molecule has 1 aromatic heterocycles. The second kappa shape index (κ2) is 18.0. The molecule has 2 nitrogen and oxygen atoms in total. The van der Waals surface area contributed by atoms with Crippen molar-refractivity contribution in [3.8, 4) is 0 Å². The predicted octanol–water partition coefficient (Wildman–Crippen LogP) is 9.82. The van der Waals surface area contributed by atoms with Gasteiger partial charge in [-0.1, -0.05) is 145 Å². The molecule has 0 N–H and O–H groups in total. The highest BCUT2D eigenvalue weighted by atomic mass is 15.2. The average Bonchev–Trinajstić information content (AvgIpc) is 3.27. The van der Waals surface area contributed by atoms with E-state index in [4.69, 9.17) is 0 Å². The number of aromatic nitrogens is 2. The molecule has 208 valence electrons. The van der Waals surface area contributed by atoms with E-state index in [1.165, 1.54) is 106 Å². The van der Waals surface area contributed by atoms with Crippen molar-refractivity contribution in [2.24, 2.45) is 0 Å². The molecule has 38 heavy (non-hydrogen) atoms. The highest BCUT2D eigenvalue weighted by molar-refractivity contribution is 5.22. The monoisotopic (exact) mass is 515 g/mol. The minimum Gasteiger partial charge on any atom is -0.234 e. The van der Waals surface area contributed by atoms with E-state index < -0.39 is 0 Å². The van der Waals surface area contributed by atoms with Crippen molar-refractivity contribution in [2.45, 2.75) is 136 Å². The topological polar surface area (TPSA) is 8.81 Å². The molecule has 0 aliphatic rings. The zero-order valence-corrected chi connectivity index (χ0v) is 24.8. The summed E-state index contributed by atoms with van der Waals surface area (Å²) >= 11 is 0. The van der Waals surface area contributed by atoms with Crippen LogP contribution in [0.5, 0.6) is 0 Å². The van der Waals surface area contributed by atoms with E-state index in [0.29, 0.717) is 5.92 Å². The second-order valence-electron chi connectivity index (χ2n) is 11.4. The van der Waals surface area contributed by atoms with Crippen LogP contribution in [0.1, 0.15) is 133 Å². The van der Waals surface area contributed by atoms with Crippen molar-refractivity contribution >= 4 is 0 Å². The van der Waals surface area contributed by atoms with Crippen LogP contribution in [0.2, 0.25) is 0 Å². The summed E-state index contributed by atoms with van der Waals surface area (Å²) in [6.45, 7) is 9.15. The smallest absolute Gasteiger partial charge is 0.234 e. The van der Waals surface area contributed by atoms with Crippen LogP contribution in [0.4, 0.5) is 0 Å². The Hall–Kier alpha value is -2.35. The molecule has 1 atom stereocenters. The van der Waals surface area contributed by atoms with Gasteiger partial charge in [0.15, 0.2) is 0 Å². The third kappa shape index (κ3) is 10.4. The summed E-state index contributed by atoms with van der Waals surface area (Å²) in [5, 5.41) is 0. The van der Waals surface area contributed by atoms with Gasteiger partial charge in [-0.15, -0.1) is 0 Å². The van der Waals surface area contributed by atoms with E-state index in [1.54, 1.807) is 0 Å². The molecule has 0 radical (unpaired) electrons. The number of benzene rings is 2. The molecule has 0 spiro atoms. The van der Waals surface area contributed by atoms with Crippen LogP contribution >= 0.6 is 0 Å². The molecular weight excluding hydrogens is 460 g/mol. The maximum Gasteiger partial charge on any atom is 0.261 e. The van der Waals surface area contributed by atoms with Crippen molar-refractivity contribution in [2.75, 3.05) is 0 Å². The SMILES string of the molecule is CCCCCCCCCCCCCCC[n+]1cc(CC(C)c2ccccc2)n(CC)c1Cc1ccccc1. The molecule has 0 amide bonds. The highest BCUT2D eigenvalue weighted by Crippen LogP contribution is 2.22. The maximum atomic E-state index is 2.59. The van der Waals surface area contributed by atoms with Gasteiger partial charge in [0.25, 0.3) is 5.82 Å². The fourth-order valence-corrected chi connectivity index (χ4v) is 5.88. The lowest BCUT2D eigenvalue weighted by atomic mass is 9.96. The van der Waals surface area contributed by atoms with Crippen molar-refractivity contribution < 1.29 is 4.57 Å². The largest absolute Gasteiger partial charge is 0.261 e. The van der Waals surface area contributed by atoms with Gasteiger partial charge >= 0.3 is 0 Å². The minimum absolute atomic E-state index is 0.519. The van der Waals surface area contributed by atoms with Crippen LogP contribution in [-0.4, -0.2) is 4.57 Å². The van der Waals surface area contributed by atoms with Gasteiger partial charge in [-0.3, -0.25) is 0 Å². The van der Waals surface area contributed by atoms with Gasteiger partial charge in [-0.05, 0) is 36.8 Å². The van der Waals surface area contributed by atoms with Crippen molar-refractivity contribution in [3.63, 3.8) is 0 Å². The van der Waals surface area contributed by atoms with E-state index in [0.717, 1.165) is 25.9 Å². The Labute approximate surface area is 234 Å². The molecule has 0 aliphatic carbocycles. The first-order valence-electron chi connectivity index (χ1n) is 15.9. The quantitative estimate of drug-likeness (QED) is 0.105. The number of nitrogens with zero attached hydrogens (tertiary/aromatic N) is 2. The summed E-state index contributed by atoms with van der Waals surface area (Å²) in [5.74, 6) is 1.98. The first-order valence-corrected chi connectivity index (χ1v) is 15.9. The van der Waals surface area contributed by atoms with E-state index in [-0.39, 0.29) is 0 Å². The fourth-order valence-electron chi connectivity index (χ4n) is 5.88. The zero-order valence-electron chi connectivity index (χ0n) is 24.8. The van der Waals surface area contributed by atoms with Crippen molar-refractivity contribution in [1.82, 2.24) is 4.57 Å². The van der Waals surface area contributed by atoms with Crippen molar-refractivity contribution in [3.05, 3.63) is 89.5 Å². The summed E-state index contributed by atoms with van der Waals surface area (Å²) in [6, 6.07) is 22.0. The van der Waals surface area contributed by atoms with Gasteiger partial charge in [0, 0.05) is 6.42 Å². The fraction of sp³-hybridized carbons (Fsp3) is 0.583. The van der Waals surface area contributed by atoms with Gasteiger partial charge < -0.3 is 0 Å². The number of hydrogen-bond acceptors (Lipinski definition) is 0. The molecule has 0 aliphatic heterocycles. The molecule has 0 fully saturated rings. The van der Waals surface area contributed by atoms with Gasteiger partial charge in [0.1, 0.15) is 11.9 Å². The standard InChI is InChI=1S/C36H55N2/c1-4-6-7-8-9-10-11-12-13-14-15-16-23-28-37-31-35(29-32(3)34-26-21-18-22-27-34)38(5-2)36(37)30-33-24-19-17-20-25-33/h17-22,24-27,31-32H,4-16,23,28-30H2,1-3H3/q+1. The Morgan fingerprint density at radius 1 is 0.658 bits per heavy atom. The molecule has 0 saturated heterocycles. The second-order valence-corrected chi connectivity index (χ2v) is 11.4. The number of hydrogen-bond donors (Lipinski definition) is 0. The van der Waals surface area contributed by atoms with Crippen LogP contribution in [0.3, 0.4) is 0 Å². The number of aryl methyl sites for hydroxylation is 1. The van der Waals surface area contributed by atoms with Crippen LogP contribution in [0, 0.1) is 0 Å². The predicted molar refractivity (Wildman–Crippen MR) is 164 cm³/mol. The molecule has 1 heterocycles. The lowest BCUT2D eigenvalue weighted by molar-refractivity contribution is -0.704. The Bertz CT molecular complexity index is 989. The van der Waals surface area contributed by atoms with Crippen LogP contribution in [-0.2, 0) is 25.9 Å². The summed E-state index contributed by atoms with van der Waals surface area (Å²) in [4.78, 5) is 0. The molecule has 3 aromatic rings. The van der Waals surface area contributed by atoms with E-state index in [1.807, 2.05) is 0 Å². The summed E-state index contributed by atoms with van der Waals surface area (Å²) < 4.78 is 5.18. The van der Waals surface area contributed by atoms with E-state index in [9.17, 15) is 0 Å². The van der Waals surface area contributed by atoms with Gasteiger partial charge in [-0.25, -0.2) is 9.13 Å². The summed E-state index contributed by atoms with van der Waals surface area (Å²) in [5.41, 5.74) is 4.32. The number of unbranched alkanes of at least 4 members (excludes halogenated alkanes) is 12. The molecule has 0 bridgehead atoms. The molecular formula is C36H55N2+. The lowest BCUT2D eigenvalue weighted by Crippen LogP contribution is -2.37. The van der Waals surface area contributed by atoms with Crippen LogP contribution < -0.4 is 4.57 Å². The first-order chi connectivity index (χ1) is 18.7.